The first-order chi connectivity index (χ1) is 30.3. The summed E-state index contributed by atoms with van der Waals surface area (Å²) in [6.45, 7) is 11.4. The molecule has 0 amide bonds. The minimum atomic E-state index is -0.762. The Labute approximate surface area is 387 Å². The van der Waals surface area contributed by atoms with E-state index in [-0.39, 0.29) is 31.1 Å². The summed E-state index contributed by atoms with van der Waals surface area (Å²) in [7, 11) is 0. The highest BCUT2D eigenvalue weighted by atomic mass is 16.6. The number of esters is 3. The molecule has 0 aliphatic heterocycles. The molecule has 0 radical (unpaired) electrons. The third kappa shape index (κ3) is 47.9. The zero-order valence-electron chi connectivity index (χ0n) is 42.5. The molecule has 0 aromatic heterocycles. The van der Waals surface area contributed by atoms with Crippen LogP contribution in [0.2, 0.25) is 0 Å². The van der Waals surface area contributed by atoms with Gasteiger partial charge < -0.3 is 14.2 Å². The van der Waals surface area contributed by atoms with E-state index in [0.717, 1.165) is 69.6 Å². The van der Waals surface area contributed by atoms with E-state index < -0.39 is 6.10 Å². The molecule has 0 saturated heterocycles. The van der Waals surface area contributed by atoms with Crippen LogP contribution in [-0.4, -0.2) is 37.2 Å². The molecule has 368 valence electrons. The van der Waals surface area contributed by atoms with Crippen molar-refractivity contribution < 1.29 is 28.6 Å². The highest BCUT2D eigenvalue weighted by molar-refractivity contribution is 5.71. The predicted octanol–water partition coefficient (Wildman–Crippen LogP) is 18.1. The summed E-state index contributed by atoms with van der Waals surface area (Å²) in [5, 5.41) is 0. The molecule has 0 N–H and O–H groups in total. The van der Waals surface area contributed by atoms with E-state index in [0.29, 0.717) is 19.3 Å². The Balaban J connectivity index is 4.32. The largest absolute Gasteiger partial charge is 0.462 e. The number of rotatable bonds is 50. The third-order valence-corrected chi connectivity index (χ3v) is 13.1. The lowest BCUT2D eigenvalue weighted by Gasteiger charge is -2.18. The minimum Gasteiger partial charge on any atom is -0.462 e. The Kier molecular flexibility index (Phi) is 47.6. The molecule has 0 rings (SSSR count). The van der Waals surface area contributed by atoms with Crippen LogP contribution in [0.5, 0.6) is 0 Å². The van der Waals surface area contributed by atoms with Gasteiger partial charge in [0.25, 0.3) is 0 Å². The van der Waals surface area contributed by atoms with Crippen LogP contribution < -0.4 is 0 Å². The molecule has 0 aromatic rings. The molecule has 2 atom stereocenters. The molecule has 0 aromatic carbocycles. The van der Waals surface area contributed by atoms with Crippen molar-refractivity contribution in [3.8, 4) is 0 Å². The molecule has 0 heterocycles. The summed E-state index contributed by atoms with van der Waals surface area (Å²) in [4.78, 5) is 38.1. The van der Waals surface area contributed by atoms with Gasteiger partial charge in [0.1, 0.15) is 13.2 Å². The Bertz CT molecular complexity index is 949. The van der Waals surface area contributed by atoms with Crippen molar-refractivity contribution in [2.75, 3.05) is 13.2 Å². The van der Waals surface area contributed by atoms with Gasteiger partial charge in [0.2, 0.25) is 0 Å². The summed E-state index contributed by atoms with van der Waals surface area (Å²) in [5.41, 5.74) is 0. The SMILES string of the molecule is CCCCCCCCCCCCCCCCCC(=O)OC[C@@H](COC(=O)CCCCCCCCCCCCC(C)CC)OC(=O)CCCCCCCCCCCCCCC(C)C. The highest BCUT2D eigenvalue weighted by Gasteiger charge is 2.19. The number of carbonyl (C=O) groups is 3. The first-order valence-corrected chi connectivity index (χ1v) is 27.8. The molecule has 0 fully saturated rings. The van der Waals surface area contributed by atoms with Crippen molar-refractivity contribution in [3.63, 3.8) is 0 Å². The van der Waals surface area contributed by atoms with Gasteiger partial charge in [-0.3, -0.25) is 14.4 Å². The van der Waals surface area contributed by atoms with Gasteiger partial charge in [-0.05, 0) is 31.1 Å². The fourth-order valence-electron chi connectivity index (χ4n) is 8.49. The van der Waals surface area contributed by atoms with E-state index in [1.54, 1.807) is 0 Å². The highest BCUT2D eigenvalue weighted by Crippen LogP contribution is 2.18. The van der Waals surface area contributed by atoms with Gasteiger partial charge in [-0.15, -0.1) is 0 Å². The van der Waals surface area contributed by atoms with Crippen molar-refractivity contribution in [2.45, 2.75) is 317 Å². The summed E-state index contributed by atoms with van der Waals surface area (Å²) in [6, 6.07) is 0. The lowest BCUT2D eigenvalue weighted by atomic mass is 9.99. The molecule has 0 bridgehead atoms. The van der Waals surface area contributed by atoms with Crippen LogP contribution in [0.25, 0.3) is 0 Å². The second kappa shape index (κ2) is 48.9. The third-order valence-electron chi connectivity index (χ3n) is 13.1. The molecular weight excluding hydrogens is 769 g/mol. The fourth-order valence-corrected chi connectivity index (χ4v) is 8.49. The second-order valence-electron chi connectivity index (χ2n) is 19.9. The van der Waals surface area contributed by atoms with Gasteiger partial charge in [-0.1, -0.05) is 272 Å². The summed E-state index contributed by atoms with van der Waals surface area (Å²) >= 11 is 0. The standard InChI is InChI=1S/C56H108O6/c1-6-8-9-10-11-12-13-14-15-16-20-26-31-36-41-46-54(57)60-49-53(50-61-55(58)47-42-37-32-27-23-22-25-30-35-40-45-52(5)7-2)62-56(59)48-43-38-33-28-21-18-17-19-24-29-34-39-44-51(3)4/h51-53H,6-50H2,1-5H3/t52?,53-/m0/s1. The van der Waals surface area contributed by atoms with Crippen LogP contribution in [0.15, 0.2) is 0 Å². The monoisotopic (exact) mass is 877 g/mol. The normalized spacial score (nSPS) is 12.5. The second-order valence-corrected chi connectivity index (χ2v) is 19.9. The van der Waals surface area contributed by atoms with Crippen molar-refractivity contribution in [3.05, 3.63) is 0 Å². The Morgan fingerprint density at radius 2 is 0.613 bits per heavy atom. The molecule has 62 heavy (non-hydrogen) atoms. The minimum absolute atomic E-state index is 0.0631. The average molecular weight is 877 g/mol. The first kappa shape index (κ1) is 60.4. The van der Waals surface area contributed by atoms with Crippen LogP contribution in [0.1, 0.15) is 311 Å². The van der Waals surface area contributed by atoms with Crippen molar-refractivity contribution in [2.24, 2.45) is 11.8 Å². The van der Waals surface area contributed by atoms with Crippen LogP contribution in [-0.2, 0) is 28.6 Å². The predicted molar refractivity (Wildman–Crippen MR) is 266 cm³/mol. The van der Waals surface area contributed by atoms with E-state index in [2.05, 4.69) is 34.6 Å². The van der Waals surface area contributed by atoms with Gasteiger partial charge in [0, 0.05) is 19.3 Å². The number of unbranched alkanes of at least 4 members (excludes halogenated alkanes) is 34. The zero-order chi connectivity index (χ0) is 45.4. The maximum Gasteiger partial charge on any atom is 0.306 e. The topological polar surface area (TPSA) is 78.9 Å². The Morgan fingerprint density at radius 3 is 0.919 bits per heavy atom. The summed E-state index contributed by atoms with van der Waals surface area (Å²) in [6.07, 6.45) is 50.8. The van der Waals surface area contributed by atoms with Crippen molar-refractivity contribution >= 4 is 17.9 Å². The van der Waals surface area contributed by atoms with E-state index >= 15 is 0 Å². The summed E-state index contributed by atoms with van der Waals surface area (Å²) < 4.78 is 16.9. The molecule has 0 aliphatic carbocycles. The van der Waals surface area contributed by atoms with Gasteiger partial charge in [-0.25, -0.2) is 0 Å². The van der Waals surface area contributed by atoms with Crippen LogP contribution in [0, 0.1) is 11.8 Å². The molecular formula is C56H108O6. The average Bonchev–Trinajstić information content (AvgIpc) is 3.26. The zero-order valence-corrected chi connectivity index (χ0v) is 42.5. The van der Waals surface area contributed by atoms with Crippen molar-refractivity contribution in [1.82, 2.24) is 0 Å². The fraction of sp³-hybridized carbons (Fsp3) is 0.946. The van der Waals surface area contributed by atoms with Crippen LogP contribution in [0.4, 0.5) is 0 Å². The molecule has 6 nitrogen and oxygen atoms in total. The van der Waals surface area contributed by atoms with Crippen LogP contribution in [0.3, 0.4) is 0 Å². The molecule has 0 saturated carbocycles. The molecule has 1 unspecified atom stereocenters. The number of carbonyl (C=O) groups excluding carboxylic acids is 3. The van der Waals surface area contributed by atoms with E-state index in [4.69, 9.17) is 14.2 Å². The van der Waals surface area contributed by atoms with Crippen molar-refractivity contribution in [1.29, 1.82) is 0 Å². The number of hydrogen-bond acceptors (Lipinski definition) is 6. The molecule has 6 heteroatoms. The Hall–Kier alpha value is -1.59. The number of ether oxygens (including phenoxy) is 3. The van der Waals surface area contributed by atoms with Crippen LogP contribution >= 0.6 is 0 Å². The van der Waals surface area contributed by atoms with Gasteiger partial charge in [0.15, 0.2) is 6.10 Å². The molecule has 0 aliphatic rings. The Morgan fingerprint density at radius 1 is 0.339 bits per heavy atom. The van der Waals surface area contributed by atoms with Gasteiger partial charge in [0.05, 0.1) is 0 Å². The van der Waals surface area contributed by atoms with E-state index in [1.165, 1.54) is 199 Å². The first-order valence-electron chi connectivity index (χ1n) is 27.8. The van der Waals surface area contributed by atoms with Gasteiger partial charge >= 0.3 is 17.9 Å². The summed E-state index contributed by atoms with van der Waals surface area (Å²) in [5.74, 6) is 0.859. The lowest BCUT2D eigenvalue weighted by Crippen LogP contribution is -2.30. The number of hydrogen-bond donors (Lipinski definition) is 0. The molecule has 0 spiro atoms. The maximum atomic E-state index is 12.8. The quantitative estimate of drug-likeness (QED) is 0.0344. The van der Waals surface area contributed by atoms with E-state index in [9.17, 15) is 14.4 Å². The smallest absolute Gasteiger partial charge is 0.306 e. The maximum absolute atomic E-state index is 12.8. The lowest BCUT2D eigenvalue weighted by molar-refractivity contribution is -0.167. The van der Waals surface area contributed by atoms with Gasteiger partial charge in [-0.2, -0.15) is 0 Å². The van der Waals surface area contributed by atoms with E-state index in [1.807, 2.05) is 0 Å².